The van der Waals surface area contributed by atoms with Gasteiger partial charge in [0, 0.05) is 0 Å². The highest BCUT2D eigenvalue weighted by Crippen LogP contribution is 2.43. The molecule has 0 bridgehead atoms. The summed E-state index contributed by atoms with van der Waals surface area (Å²) in [5, 5.41) is 15.2. The number of hydrogen-bond donors (Lipinski definition) is 1. The smallest absolute Gasteiger partial charge is 0.165 e. The second-order valence-electron chi connectivity index (χ2n) is 5.32. The molecule has 1 saturated carbocycles. The van der Waals surface area contributed by atoms with Gasteiger partial charge in [0.15, 0.2) is 5.82 Å². The second-order valence-corrected chi connectivity index (χ2v) is 5.32. The van der Waals surface area contributed by atoms with Crippen molar-refractivity contribution in [2.24, 2.45) is 5.41 Å². The first-order valence-corrected chi connectivity index (χ1v) is 6.06. The molecule has 0 spiro atoms. The highest BCUT2D eigenvalue weighted by atomic mass is 15.6. The second kappa shape index (κ2) is 4.49. The van der Waals surface area contributed by atoms with Crippen LogP contribution in [0.4, 0.5) is 0 Å². The molecule has 1 aliphatic carbocycles. The van der Waals surface area contributed by atoms with Crippen LogP contribution in [0.25, 0.3) is 0 Å². The van der Waals surface area contributed by atoms with Gasteiger partial charge in [-0.3, -0.25) is 0 Å². The number of nitrogens with one attached hydrogen (secondary N) is 1. The van der Waals surface area contributed by atoms with Gasteiger partial charge < -0.3 is 5.32 Å². The van der Waals surface area contributed by atoms with Gasteiger partial charge >= 0.3 is 0 Å². The van der Waals surface area contributed by atoms with E-state index in [4.69, 9.17) is 0 Å². The molecule has 1 N–H and O–H groups in total. The average molecular weight is 223 g/mol. The van der Waals surface area contributed by atoms with Gasteiger partial charge in [-0.2, -0.15) is 0 Å². The summed E-state index contributed by atoms with van der Waals surface area (Å²) in [6.07, 6.45) is 5.06. The minimum Gasteiger partial charge on any atom is -0.313 e. The van der Waals surface area contributed by atoms with E-state index < -0.39 is 0 Å². The fraction of sp³-hybridized carbons (Fsp3) is 0.909. The van der Waals surface area contributed by atoms with Crippen molar-refractivity contribution in [1.82, 2.24) is 25.5 Å². The highest BCUT2D eigenvalue weighted by Gasteiger charge is 2.35. The molecule has 0 amide bonds. The number of nitrogens with zero attached hydrogens (tertiary/aromatic N) is 4. The van der Waals surface area contributed by atoms with Crippen molar-refractivity contribution in [2.75, 3.05) is 7.05 Å². The quantitative estimate of drug-likeness (QED) is 0.844. The lowest BCUT2D eigenvalue weighted by molar-refractivity contribution is 0.128. The maximum Gasteiger partial charge on any atom is 0.165 e. The molecule has 1 aromatic rings. The number of aromatic nitrogens is 4. The lowest BCUT2D eigenvalue weighted by atomic mass is 9.73. The first kappa shape index (κ1) is 11.5. The minimum atomic E-state index is 0.302. The normalized spacial score (nSPS) is 24.6. The summed E-state index contributed by atoms with van der Waals surface area (Å²) in [5.41, 5.74) is 0.302. The monoisotopic (exact) mass is 223 g/mol. The lowest BCUT2D eigenvalue weighted by Gasteiger charge is -2.38. The van der Waals surface area contributed by atoms with Gasteiger partial charge in [-0.15, -0.1) is 5.10 Å². The third-order valence-electron chi connectivity index (χ3n) is 3.64. The number of hydrogen-bond acceptors (Lipinski definition) is 4. The molecule has 5 heteroatoms. The zero-order chi connectivity index (χ0) is 11.6. The number of tetrazole rings is 1. The van der Waals surface area contributed by atoms with Crippen LogP contribution in [0.2, 0.25) is 0 Å². The SMILES string of the molecule is CNCc1nnnn1C1CCCCC1(C)C. The van der Waals surface area contributed by atoms with Crippen molar-refractivity contribution in [3.8, 4) is 0 Å². The van der Waals surface area contributed by atoms with Crippen LogP contribution in [0, 0.1) is 5.41 Å². The Balaban J connectivity index is 2.24. The van der Waals surface area contributed by atoms with E-state index in [0.29, 0.717) is 11.5 Å². The molecule has 1 heterocycles. The predicted octanol–water partition coefficient (Wildman–Crippen LogP) is 1.53. The van der Waals surface area contributed by atoms with E-state index >= 15 is 0 Å². The van der Waals surface area contributed by atoms with Crippen LogP contribution in [0.3, 0.4) is 0 Å². The Morgan fingerprint density at radius 2 is 2.25 bits per heavy atom. The molecule has 1 unspecified atom stereocenters. The van der Waals surface area contributed by atoms with Crippen LogP contribution in [-0.4, -0.2) is 27.3 Å². The molecule has 5 nitrogen and oxygen atoms in total. The molecule has 90 valence electrons. The van der Waals surface area contributed by atoms with E-state index in [1.807, 2.05) is 11.7 Å². The van der Waals surface area contributed by atoms with Crippen LogP contribution in [0.15, 0.2) is 0 Å². The third kappa shape index (κ3) is 2.09. The van der Waals surface area contributed by atoms with E-state index in [1.54, 1.807) is 0 Å². The van der Waals surface area contributed by atoms with Gasteiger partial charge in [0.05, 0.1) is 12.6 Å². The van der Waals surface area contributed by atoms with Crippen LogP contribution in [0.5, 0.6) is 0 Å². The summed E-state index contributed by atoms with van der Waals surface area (Å²) in [7, 11) is 1.92. The van der Waals surface area contributed by atoms with Crippen LogP contribution >= 0.6 is 0 Å². The molecule has 0 aliphatic heterocycles. The molecule has 0 saturated heterocycles. The first-order valence-electron chi connectivity index (χ1n) is 6.06. The molecular weight excluding hydrogens is 202 g/mol. The van der Waals surface area contributed by atoms with E-state index in [0.717, 1.165) is 12.4 Å². The molecule has 2 rings (SSSR count). The van der Waals surface area contributed by atoms with Crippen LogP contribution < -0.4 is 5.32 Å². The van der Waals surface area contributed by atoms with E-state index in [2.05, 4.69) is 34.7 Å². The van der Waals surface area contributed by atoms with Gasteiger partial charge in [-0.05, 0) is 35.7 Å². The van der Waals surface area contributed by atoms with Gasteiger partial charge in [0.1, 0.15) is 0 Å². The van der Waals surface area contributed by atoms with E-state index in [-0.39, 0.29) is 0 Å². The molecular formula is C11H21N5. The zero-order valence-electron chi connectivity index (χ0n) is 10.4. The summed E-state index contributed by atoms with van der Waals surface area (Å²) in [6.45, 7) is 5.38. The fourth-order valence-corrected chi connectivity index (χ4v) is 2.66. The van der Waals surface area contributed by atoms with Crippen molar-refractivity contribution < 1.29 is 0 Å². The molecule has 1 aliphatic rings. The largest absolute Gasteiger partial charge is 0.313 e. The van der Waals surface area contributed by atoms with Gasteiger partial charge in [0.2, 0.25) is 0 Å². The van der Waals surface area contributed by atoms with Crippen molar-refractivity contribution >= 4 is 0 Å². The van der Waals surface area contributed by atoms with Crippen molar-refractivity contribution in [3.05, 3.63) is 5.82 Å². The van der Waals surface area contributed by atoms with E-state index in [1.165, 1.54) is 25.7 Å². The molecule has 0 radical (unpaired) electrons. The van der Waals surface area contributed by atoms with Crippen molar-refractivity contribution in [1.29, 1.82) is 0 Å². The van der Waals surface area contributed by atoms with E-state index in [9.17, 15) is 0 Å². The Labute approximate surface area is 96.6 Å². The highest BCUT2D eigenvalue weighted by molar-refractivity contribution is 4.92. The Morgan fingerprint density at radius 1 is 1.44 bits per heavy atom. The average Bonchev–Trinajstić information content (AvgIpc) is 2.66. The Hall–Kier alpha value is -0.970. The van der Waals surface area contributed by atoms with Gasteiger partial charge in [0.25, 0.3) is 0 Å². The topological polar surface area (TPSA) is 55.6 Å². The summed E-state index contributed by atoms with van der Waals surface area (Å²) >= 11 is 0. The number of rotatable bonds is 3. The van der Waals surface area contributed by atoms with Crippen molar-refractivity contribution in [3.63, 3.8) is 0 Å². The Morgan fingerprint density at radius 3 is 2.94 bits per heavy atom. The Bertz CT molecular complexity index is 344. The van der Waals surface area contributed by atoms with Crippen LogP contribution in [-0.2, 0) is 6.54 Å². The molecule has 0 aromatic carbocycles. The Kier molecular flexibility index (Phi) is 3.23. The minimum absolute atomic E-state index is 0.302. The summed E-state index contributed by atoms with van der Waals surface area (Å²) in [6, 6.07) is 0.444. The summed E-state index contributed by atoms with van der Waals surface area (Å²) in [4.78, 5) is 0. The molecule has 1 aromatic heterocycles. The standard InChI is InChI=1S/C11H21N5/c1-11(2)7-5-4-6-9(11)16-10(8-12-3)13-14-15-16/h9,12H,4-8H2,1-3H3. The summed E-state index contributed by atoms with van der Waals surface area (Å²) in [5.74, 6) is 0.947. The fourth-order valence-electron chi connectivity index (χ4n) is 2.66. The maximum atomic E-state index is 4.17. The lowest BCUT2D eigenvalue weighted by Crippen LogP contribution is -2.33. The van der Waals surface area contributed by atoms with Gasteiger partial charge in [-0.25, -0.2) is 4.68 Å². The molecule has 1 atom stereocenters. The summed E-state index contributed by atoms with van der Waals surface area (Å²) < 4.78 is 2.02. The predicted molar refractivity (Wildman–Crippen MR) is 61.9 cm³/mol. The maximum absolute atomic E-state index is 4.17. The first-order chi connectivity index (χ1) is 7.65. The zero-order valence-corrected chi connectivity index (χ0v) is 10.4. The third-order valence-corrected chi connectivity index (χ3v) is 3.64. The van der Waals surface area contributed by atoms with Gasteiger partial charge in [-0.1, -0.05) is 26.7 Å². The molecule has 1 fully saturated rings. The van der Waals surface area contributed by atoms with Crippen LogP contribution in [0.1, 0.15) is 51.4 Å². The molecule has 16 heavy (non-hydrogen) atoms. The van der Waals surface area contributed by atoms with Crippen molar-refractivity contribution in [2.45, 2.75) is 52.1 Å².